The zero-order chi connectivity index (χ0) is 13.5. The summed E-state index contributed by atoms with van der Waals surface area (Å²) in [6, 6.07) is 0. The summed E-state index contributed by atoms with van der Waals surface area (Å²) >= 11 is 0. The first-order valence-corrected chi connectivity index (χ1v) is 6.36. The molecule has 0 saturated heterocycles. The fourth-order valence-electron chi connectivity index (χ4n) is 1.83. The molecule has 0 saturated carbocycles. The number of hydrogen-bond donors (Lipinski definition) is 2. The predicted molar refractivity (Wildman–Crippen MR) is 71.0 cm³/mol. The Labute approximate surface area is 105 Å². The molecule has 0 aromatic carbocycles. The highest BCUT2D eigenvalue weighted by Crippen LogP contribution is 2.38. The molecular formula is C14H28O3. The minimum Gasteiger partial charge on any atom is -0.396 e. The van der Waals surface area contributed by atoms with Gasteiger partial charge in [0, 0.05) is 18.6 Å². The molecule has 0 fully saturated rings. The van der Waals surface area contributed by atoms with Gasteiger partial charge in [-0.25, -0.2) is 0 Å². The second-order valence-corrected chi connectivity index (χ2v) is 5.39. The molecule has 0 aromatic heterocycles. The van der Waals surface area contributed by atoms with Crippen LogP contribution in [-0.4, -0.2) is 35.1 Å². The summed E-state index contributed by atoms with van der Waals surface area (Å²) < 4.78 is 5.89. The number of aliphatic hydroxyl groups excluding tert-OH is 2. The average molecular weight is 244 g/mol. The van der Waals surface area contributed by atoms with Crippen LogP contribution in [0.5, 0.6) is 0 Å². The Morgan fingerprint density at radius 2 is 1.88 bits per heavy atom. The SMILES string of the molecule is CC=CC(C)(CCO)C(C)(C)OCCC(C)O. The summed E-state index contributed by atoms with van der Waals surface area (Å²) in [6.45, 7) is 10.6. The molecule has 17 heavy (non-hydrogen) atoms. The Hall–Kier alpha value is -0.380. The van der Waals surface area contributed by atoms with Crippen molar-refractivity contribution in [3.8, 4) is 0 Å². The fourth-order valence-corrected chi connectivity index (χ4v) is 1.83. The lowest BCUT2D eigenvalue weighted by Crippen LogP contribution is -2.43. The molecule has 102 valence electrons. The normalized spacial score (nSPS) is 18.3. The summed E-state index contributed by atoms with van der Waals surface area (Å²) in [4.78, 5) is 0. The molecule has 3 nitrogen and oxygen atoms in total. The molecule has 2 N–H and O–H groups in total. The van der Waals surface area contributed by atoms with Crippen LogP contribution < -0.4 is 0 Å². The van der Waals surface area contributed by atoms with E-state index in [1.807, 2.05) is 26.8 Å². The highest BCUT2D eigenvalue weighted by molar-refractivity contribution is 5.05. The van der Waals surface area contributed by atoms with Crippen molar-refractivity contribution in [2.24, 2.45) is 5.41 Å². The van der Waals surface area contributed by atoms with E-state index in [0.29, 0.717) is 19.4 Å². The molecular weight excluding hydrogens is 216 g/mol. The number of aliphatic hydroxyl groups is 2. The van der Waals surface area contributed by atoms with Crippen molar-refractivity contribution >= 4 is 0 Å². The van der Waals surface area contributed by atoms with Crippen LogP contribution in [0.2, 0.25) is 0 Å². The van der Waals surface area contributed by atoms with Crippen molar-refractivity contribution in [1.29, 1.82) is 0 Å². The van der Waals surface area contributed by atoms with E-state index in [0.717, 1.165) is 0 Å². The molecule has 3 heteroatoms. The van der Waals surface area contributed by atoms with Gasteiger partial charge in [0.05, 0.1) is 11.7 Å². The van der Waals surface area contributed by atoms with E-state index in [4.69, 9.17) is 4.74 Å². The van der Waals surface area contributed by atoms with Gasteiger partial charge in [-0.05, 0) is 40.5 Å². The lowest BCUT2D eigenvalue weighted by Gasteiger charge is -2.42. The molecule has 0 amide bonds. The van der Waals surface area contributed by atoms with Crippen LogP contribution in [0.1, 0.15) is 47.5 Å². The lowest BCUT2D eigenvalue weighted by atomic mass is 9.72. The van der Waals surface area contributed by atoms with Gasteiger partial charge < -0.3 is 14.9 Å². The van der Waals surface area contributed by atoms with Crippen molar-refractivity contribution in [2.45, 2.75) is 59.2 Å². The molecule has 0 heterocycles. The van der Waals surface area contributed by atoms with Crippen LogP contribution in [0.25, 0.3) is 0 Å². The van der Waals surface area contributed by atoms with Crippen LogP contribution >= 0.6 is 0 Å². The van der Waals surface area contributed by atoms with E-state index in [9.17, 15) is 10.2 Å². The molecule has 0 bridgehead atoms. The van der Waals surface area contributed by atoms with E-state index in [1.54, 1.807) is 6.92 Å². The summed E-state index contributed by atoms with van der Waals surface area (Å²) in [7, 11) is 0. The van der Waals surface area contributed by atoms with Gasteiger partial charge in [-0.3, -0.25) is 0 Å². The van der Waals surface area contributed by atoms with Crippen molar-refractivity contribution in [1.82, 2.24) is 0 Å². The Bertz CT molecular complexity index is 234. The molecule has 0 aromatic rings. The maximum Gasteiger partial charge on any atom is 0.0714 e. The fraction of sp³-hybridized carbons (Fsp3) is 0.857. The van der Waals surface area contributed by atoms with Crippen LogP contribution in [0.3, 0.4) is 0 Å². The van der Waals surface area contributed by atoms with Gasteiger partial charge in [0.1, 0.15) is 0 Å². The maximum atomic E-state index is 9.22. The van der Waals surface area contributed by atoms with Crippen molar-refractivity contribution < 1.29 is 14.9 Å². The minimum absolute atomic E-state index is 0.143. The third-order valence-electron chi connectivity index (χ3n) is 3.54. The zero-order valence-electron chi connectivity index (χ0n) is 11.9. The largest absolute Gasteiger partial charge is 0.396 e. The van der Waals surface area contributed by atoms with Crippen molar-refractivity contribution in [3.05, 3.63) is 12.2 Å². The molecule has 0 rings (SSSR count). The van der Waals surface area contributed by atoms with Crippen molar-refractivity contribution in [3.63, 3.8) is 0 Å². The van der Waals surface area contributed by atoms with Crippen LogP contribution in [0.4, 0.5) is 0 Å². The Kier molecular flexibility index (Phi) is 6.98. The Morgan fingerprint density at radius 3 is 2.29 bits per heavy atom. The quantitative estimate of drug-likeness (QED) is 0.645. The van der Waals surface area contributed by atoms with E-state index in [-0.39, 0.29) is 23.7 Å². The van der Waals surface area contributed by atoms with Gasteiger partial charge in [-0.2, -0.15) is 0 Å². The van der Waals surface area contributed by atoms with Gasteiger partial charge in [0.2, 0.25) is 0 Å². The second kappa shape index (κ2) is 7.14. The molecule has 2 unspecified atom stereocenters. The second-order valence-electron chi connectivity index (χ2n) is 5.39. The standard InChI is InChI=1S/C14H28O3/c1-6-8-14(5,9-10-15)13(3,4)17-11-7-12(2)16/h6,8,12,15-16H,7,9-11H2,1-5H3. The molecule has 2 atom stereocenters. The van der Waals surface area contributed by atoms with Gasteiger partial charge in [0.15, 0.2) is 0 Å². The Morgan fingerprint density at radius 1 is 1.29 bits per heavy atom. The molecule has 0 spiro atoms. The van der Waals surface area contributed by atoms with Crippen LogP contribution in [0, 0.1) is 5.41 Å². The zero-order valence-corrected chi connectivity index (χ0v) is 11.9. The lowest BCUT2D eigenvalue weighted by molar-refractivity contribution is -0.0976. The smallest absolute Gasteiger partial charge is 0.0714 e. The first-order chi connectivity index (χ1) is 7.79. The van der Waals surface area contributed by atoms with Gasteiger partial charge in [-0.1, -0.05) is 19.1 Å². The van der Waals surface area contributed by atoms with Gasteiger partial charge in [-0.15, -0.1) is 0 Å². The number of ether oxygens (including phenoxy) is 1. The molecule has 0 radical (unpaired) electrons. The highest BCUT2D eigenvalue weighted by Gasteiger charge is 2.39. The summed E-state index contributed by atoms with van der Waals surface area (Å²) in [6.07, 6.45) is 5.05. The molecule has 0 aliphatic carbocycles. The van der Waals surface area contributed by atoms with E-state index < -0.39 is 0 Å². The first kappa shape index (κ1) is 16.6. The maximum absolute atomic E-state index is 9.22. The average Bonchev–Trinajstić information content (AvgIpc) is 2.17. The van der Waals surface area contributed by atoms with Gasteiger partial charge >= 0.3 is 0 Å². The Balaban J connectivity index is 4.59. The third kappa shape index (κ3) is 5.19. The van der Waals surface area contributed by atoms with Gasteiger partial charge in [0.25, 0.3) is 0 Å². The highest BCUT2D eigenvalue weighted by atomic mass is 16.5. The van der Waals surface area contributed by atoms with E-state index in [1.165, 1.54) is 0 Å². The topological polar surface area (TPSA) is 49.7 Å². The first-order valence-electron chi connectivity index (χ1n) is 6.36. The summed E-state index contributed by atoms with van der Waals surface area (Å²) in [5, 5.41) is 18.4. The number of allylic oxidation sites excluding steroid dienone is 1. The molecule has 0 aliphatic heterocycles. The molecule has 0 aliphatic rings. The van der Waals surface area contributed by atoms with E-state index in [2.05, 4.69) is 13.0 Å². The minimum atomic E-state index is -0.364. The summed E-state index contributed by atoms with van der Waals surface area (Å²) in [5.74, 6) is 0. The van der Waals surface area contributed by atoms with Crippen LogP contribution in [-0.2, 0) is 4.74 Å². The van der Waals surface area contributed by atoms with E-state index >= 15 is 0 Å². The number of hydrogen-bond acceptors (Lipinski definition) is 3. The van der Waals surface area contributed by atoms with Crippen LogP contribution in [0.15, 0.2) is 12.2 Å². The third-order valence-corrected chi connectivity index (χ3v) is 3.54. The monoisotopic (exact) mass is 244 g/mol. The van der Waals surface area contributed by atoms with Crippen molar-refractivity contribution in [2.75, 3.05) is 13.2 Å². The predicted octanol–water partition coefficient (Wildman–Crippen LogP) is 2.52. The number of rotatable bonds is 8. The summed E-state index contributed by atoms with van der Waals surface area (Å²) in [5.41, 5.74) is -0.563.